The number of carbonyl (C=O) groups excluding carboxylic acids is 3. The standard InChI is InChI=1S/C25H15Br2NO4/c26-24-15-8-1-2-9-16(15)25(27,18-11-4-3-10-17(18)24)20-19(24)21(29)28(22(20)30)14-7-5-6-13(12-14)23(31)32/h1-12,19-20H,(H,31,32)/p-1/t19-,20-,24?,25?/m1/s1. The van der Waals surface area contributed by atoms with Crippen LogP contribution in [-0.4, -0.2) is 17.8 Å². The van der Waals surface area contributed by atoms with Gasteiger partial charge in [-0.25, -0.2) is 4.90 Å². The lowest BCUT2D eigenvalue weighted by atomic mass is 9.54. The molecule has 3 aliphatic carbocycles. The third kappa shape index (κ3) is 2.16. The number of carboxylic acids is 1. The highest BCUT2D eigenvalue weighted by atomic mass is 79.9. The van der Waals surface area contributed by atoms with Gasteiger partial charge in [0.05, 0.1) is 32.1 Å². The average Bonchev–Trinajstić information content (AvgIpc) is 3.08. The monoisotopic (exact) mass is 550 g/mol. The van der Waals surface area contributed by atoms with Gasteiger partial charge in [-0.15, -0.1) is 0 Å². The van der Waals surface area contributed by atoms with Gasteiger partial charge < -0.3 is 9.90 Å². The summed E-state index contributed by atoms with van der Waals surface area (Å²) in [6, 6.07) is 21.4. The van der Waals surface area contributed by atoms with Gasteiger partial charge in [0, 0.05) is 0 Å². The largest absolute Gasteiger partial charge is 0.545 e. The molecule has 3 aromatic carbocycles. The van der Waals surface area contributed by atoms with Crippen molar-refractivity contribution in [1.29, 1.82) is 0 Å². The van der Waals surface area contributed by atoms with Crippen LogP contribution < -0.4 is 10.0 Å². The van der Waals surface area contributed by atoms with Gasteiger partial charge in [0.2, 0.25) is 11.8 Å². The minimum Gasteiger partial charge on any atom is -0.545 e. The van der Waals surface area contributed by atoms with Crippen molar-refractivity contribution in [2.75, 3.05) is 4.90 Å². The summed E-state index contributed by atoms with van der Waals surface area (Å²) in [6.45, 7) is 0. The summed E-state index contributed by atoms with van der Waals surface area (Å²) in [7, 11) is 0. The Hall–Kier alpha value is -2.77. The van der Waals surface area contributed by atoms with Crippen LogP contribution in [0.25, 0.3) is 0 Å². The zero-order valence-electron chi connectivity index (χ0n) is 16.4. The molecular formula is C25H14Br2NO4-. The lowest BCUT2D eigenvalue weighted by Gasteiger charge is -2.55. The van der Waals surface area contributed by atoms with Gasteiger partial charge in [0.1, 0.15) is 0 Å². The quantitative estimate of drug-likeness (QED) is 0.361. The van der Waals surface area contributed by atoms with Crippen molar-refractivity contribution in [3.05, 3.63) is 101 Å². The molecule has 0 unspecified atom stereocenters. The molecule has 4 aliphatic rings. The molecule has 7 heteroatoms. The van der Waals surface area contributed by atoms with Crippen molar-refractivity contribution in [3.8, 4) is 0 Å². The molecule has 5 nitrogen and oxygen atoms in total. The van der Waals surface area contributed by atoms with E-state index in [0.717, 1.165) is 27.2 Å². The number of carboxylic acid groups (broad SMARTS) is 1. The molecule has 1 heterocycles. The second-order valence-corrected chi connectivity index (χ2v) is 10.8. The Kier molecular flexibility index (Phi) is 3.97. The van der Waals surface area contributed by atoms with E-state index in [2.05, 4.69) is 31.9 Å². The number of halogens is 2. The fourth-order valence-electron chi connectivity index (χ4n) is 5.69. The Bertz CT molecular complexity index is 1250. The third-order valence-corrected chi connectivity index (χ3v) is 9.62. The predicted octanol–water partition coefficient (Wildman–Crippen LogP) is 3.46. The highest BCUT2D eigenvalue weighted by Crippen LogP contribution is 2.70. The van der Waals surface area contributed by atoms with Crippen LogP contribution in [0.5, 0.6) is 0 Å². The number of amides is 2. The fraction of sp³-hybridized carbons (Fsp3) is 0.160. The molecule has 1 aliphatic heterocycles. The van der Waals surface area contributed by atoms with Crippen LogP contribution in [0.2, 0.25) is 0 Å². The van der Waals surface area contributed by atoms with Gasteiger partial charge in [0.15, 0.2) is 0 Å². The molecular weight excluding hydrogens is 538 g/mol. The SMILES string of the molecule is O=C([O-])c1cccc(N2C(=O)[C@H]3[C@H](C2=O)C2(Br)c4ccccc4C3(Br)c3ccccc32)c1. The number of carbonyl (C=O) groups is 3. The number of aromatic carboxylic acids is 1. The van der Waals surface area contributed by atoms with E-state index in [1.165, 1.54) is 18.2 Å². The number of rotatable bonds is 2. The Morgan fingerprint density at radius 1 is 0.750 bits per heavy atom. The van der Waals surface area contributed by atoms with E-state index in [1.807, 2.05) is 48.5 Å². The van der Waals surface area contributed by atoms with E-state index in [0.29, 0.717) is 0 Å². The van der Waals surface area contributed by atoms with Gasteiger partial charge in [-0.3, -0.25) is 9.59 Å². The Balaban J connectivity index is 1.63. The summed E-state index contributed by atoms with van der Waals surface area (Å²) in [4.78, 5) is 40.3. The topological polar surface area (TPSA) is 77.5 Å². The van der Waals surface area contributed by atoms with E-state index < -0.39 is 26.5 Å². The second-order valence-electron chi connectivity index (χ2n) is 8.32. The van der Waals surface area contributed by atoms with E-state index in [-0.39, 0.29) is 23.1 Å². The van der Waals surface area contributed by atoms with Crippen LogP contribution >= 0.6 is 31.9 Å². The minimum atomic E-state index is -1.36. The van der Waals surface area contributed by atoms with Crippen molar-refractivity contribution in [2.45, 2.75) is 8.65 Å². The summed E-state index contributed by atoms with van der Waals surface area (Å²) >= 11 is 7.88. The lowest BCUT2D eigenvalue weighted by molar-refractivity contribution is -0.255. The van der Waals surface area contributed by atoms with Gasteiger partial charge in [-0.05, 0) is 39.9 Å². The minimum absolute atomic E-state index is 0.0883. The number of alkyl halides is 2. The predicted molar refractivity (Wildman–Crippen MR) is 123 cm³/mol. The molecule has 0 aromatic heterocycles. The number of imide groups is 1. The molecule has 0 N–H and O–H groups in total. The number of anilines is 1. The maximum atomic E-state index is 13.9. The second kappa shape index (κ2) is 6.39. The maximum absolute atomic E-state index is 13.9. The van der Waals surface area contributed by atoms with Crippen molar-refractivity contribution >= 4 is 55.3 Å². The lowest BCUT2D eigenvalue weighted by Crippen LogP contribution is -2.56. The molecule has 1 saturated heterocycles. The number of hydrogen-bond donors (Lipinski definition) is 0. The van der Waals surface area contributed by atoms with Crippen molar-refractivity contribution in [1.82, 2.24) is 0 Å². The smallest absolute Gasteiger partial charge is 0.239 e. The molecule has 0 radical (unpaired) electrons. The molecule has 2 bridgehead atoms. The summed E-state index contributed by atoms with van der Waals surface area (Å²) in [6.07, 6.45) is 0. The van der Waals surface area contributed by atoms with Gasteiger partial charge in [-0.2, -0.15) is 0 Å². The van der Waals surface area contributed by atoms with Crippen molar-refractivity contribution in [2.24, 2.45) is 11.8 Å². The summed E-state index contributed by atoms with van der Waals surface area (Å²) in [5, 5.41) is 11.4. The number of nitrogens with zero attached hydrogens (tertiary/aromatic N) is 1. The summed E-state index contributed by atoms with van der Waals surface area (Å²) in [5.74, 6) is -3.49. The number of hydrogen-bond acceptors (Lipinski definition) is 4. The average molecular weight is 552 g/mol. The molecule has 3 aromatic rings. The van der Waals surface area contributed by atoms with Crippen LogP contribution in [0.15, 0.2) is 72.8 Å². The molecule has 7 rings (SSSR count). The Morgan fingerprint density at radius 2 is 1.19 bits per heavy atom. The normalized spacial score (nSPS) is 29.5. The first-order valence-electron chi connectivity index (χ1n) is 10.1. The van der Waals surface area contributed by atoms with Crippen molar-refractivity contribution < 1.29 is 19.5 Å². The highest BCUT2D eigenvalue weighted by molar-refractivity contribution is 9.10. The molecule has 2 atom stereocenters. The first-order chi connectivity index (χ1) is 15.3. The molecule has 0 saturated carbocycles. The van der Waals surface area contributed by atoms with Crippen LogP contribution in [0, 0.1) is 11.8 Å². The van der Waals surface area contributed by atoms with E-state index in [4.69, 9.17) is 0 Å². The Labute approximate surface area is 200 Å². The molecule has 0 spiro atoms. The van der Waals surface area contributed by atoms with E-state index in [9.17, 15) is 19.5 Å². The molecule has 2 amide bonds. The van der Waals surface area contributed by atoms with Crippen LogP contribution in [-0.2, 0) is 18.2 Å². The molecule has 1 fully saturated rings. The third-order valence-electron chi connectivity index (χ3n) is 6.93. The van der Waals surface area contributed by atoms with Gasteiger partial charge in [0.25, 0.3) is 0 Å². The molecule has 32 heavy (non-hydrogen) atoms. The fourth-order valence-corrected chi connectivity index (χ4v) is 8.00. The summed E-state index contributed by atoms with van der Waals surface area (Å²) in [5.41, 5.74) is 3.93. The van der Waals surface area contributed by atoms with Gasteiger partial charge >= 0.3 is 0 Å². The highest BCUT2D eigenvalue weighted by Gasteiger charge is 2.72. The first-order valence-corrected chi connectivity index (χ1v) is 11.7. The number of benzene rings is 3. The zero-order chi connectivity index (χ0) is 22.4. The van der Waals surface area contributed by atoms with Crippen LogP contribution in [0.3, 0.4) is 0 Å². The maximum Gasteiger partial charge on any atom is 0.239 e. The van der Waals surface area contributed by atoms with Gasteiger partial charge in [-0.1, -0.05) is 92.5 Å². The first kappa shape index (κ1) is 19.9. The van der Waals surface area contributed by atoms with Crippen LogP contribution in [0.1, 0.15) is 32.6 Å². The van der Waals surface area contributed by atoms with Crippen LogP contribution in [0.4, 0.5) is 5.69 Å². The molecule has 158 valence electrons. The van der Waals surface area contributed by atoms with E-state index in [1.54, 1.807) is 6.07 Å². The summed E-state index contributed by atoms with van der Waals surface area (Å²) < 4.78 is -1.76. The Morgan fingerprint density at radius 3 is 1.59 bits per heavy atom. The van der Waals surface area contributed by atoms with Crippen molar-refractivity contribution in [3.63, 3.8) is 0 Å². The van der Waals surface area contributed by atoms with E-state index >= 15 is 0 Å². The zero-order valence-corrected chi connectivity index (χ0v) is 19.6.